The summed E-state index contributed by atoms with van der Waals surface area (Å²) in [7, 11) is 1.09. The highest BCUT2D eigenvalue weighted by Crippen LogP contribution is 2.31. The Balaban J connectivity index is 3.28. The second-order valence-corrected chi connectivity index (χ2v) is 4.34. The van der Waals surface area contributed by atoms with Crippen molar-refractivity contribution in [2.24, 2.45) is 0 Å². The summed E-state index contributed by atoms with van der Waals surface area (Å²) in [4.78, 5) is 33.0. The molecule has 0 heterocycles. The van der Waals surface area contributed by atoms with E-state index in [0.29, 0.717) is 0 Å². The Morgan fingerprint density at radius 2 is 2.20 bits per heavy atom. The number of halogens is 1. The summed E-state index contributed by atoms with van der Waals surface area (Å²) < 4.78 is 4.66. The van der Waals surface area contributed by atoms with Crippen LogP contribution >= 0.6 is 15.9 Å². The summed E-state index contributed by atoms with van der Waals surface area (Å²) in [5.74, 6) is -1.50. The minimum atomic E-state index is -0.903. The van der Waals surface area contributed by atoms with Gasteiger partial charge in [-0.05, 0) is 22.0 Å². The zero-order valence-corrected chi connectivity index (χ0v) is 11.8. The van der Waals surface area contributed by atoms with Crippen molar-refractivity contribution >= 4 is 39.2 Å². The van der Waals surface area contributed by atoms with E-state index in [1.165, 1.54) is 0 Å². The molecule has 0 aromatic heterocycles. The van der Waals surface area contributed by atoms with E-state index in [9.17, 15) is 19.7 Å². The second kappa shape index (κ2) is 6.63. The number of nitriles is 1. The third-order valence-corrected chi connectivity index (χ3v) is 2.86. The molecule has 0 bridgehead atoms. The maximum atomic E-state index is 11.5. The molecule has 9 heteroatoms. The number of esters is 1. The first kappa shape index (κ1) is 15.6. The van der Waals surface area contributed by atoms with Gasteiger partial charge in [0.05, 0.1) is 23.8 Å². The normalized spacial score (nSPS) is 9.45. The molecule has 0 fully saturated rings. The van der Waals surface area contributed by atoms with Crippen molar-refractivity contribution in [3.63, 3.8) is 0 Å². The van der Waals surface area contributed by atoms with Crippen LogP contribution < -0.4 is 5.32 Å². The lowest BCUT2D eigenvalue weighted by molar-refractivity contribution is -0.385. The number of nitrogens with one attached hydrogen (secondary N) is 1. The van der Waals surface area contributed by atoms with Crippen LogP contribution in [0.3, 0.4) is 0 Å². The quantitative estimate of drug-likeness (QED) is 0.507. The smallest absolute Gasteiger partial charge is 0.344 e. The van der Waals surface area contributed by atoms with E-state index in [1.54, 1.807) is 6.07 Å². The van der Waals surface area contributed by atoms with Crippen LogP contribution in [-0.4, -0.2) is 23.9 Å². The molecule has 20 heavy (non-hydrogen) atoms. The Labute approximate surface area is 121 Å². The van der Waals surface area contributed by atoms with Gasteiger partial charge in [-0.3, -0.25) is 14.9 Å². The first-order valence-electron chi connectivity index (χ1n) is 5.13. The Morgan fingerprint density at radius 1 is 1.55 bits per heavy atom. The zero-order valence-electron chi connectivity index (χ0n) is 10.2. The molecule has 0 unspecified atom stereocenters. The van der Waals surface area contributed by atoms with Gasteiger partial charge in [0, 0.05) is 10.5 Å². The van der Waals surface area contributed by atoms with Crippen LogP contribution in [0.4, 0.5) is 11.4 Å². The van der Waals surface area contributed by atoms with Crippen molar-refractivity contribution in [2.75, 3.05) is 12.4 Å². The van der Waals surface area contributed by atoms with Crippen LogP contribution in [-0.2, 0) is 9.53 Å². The molecular weight excluding hydrogens is 334 g/mol. The van der Waals surface area contributed by atoms with E-state index in [2.05, 4.69) is 26.0 Å². The number of amides is 1. The Hall–Kier alpha value is -2.47. The average molecular weight is 342 g/mol. The second-order valence-electron chi connectivity index (χ2n) is 3.48. The van der Waals surface area contributed by atoms with Crippen LogP contribution in [0.15, 0.2) is 16.6 Å². The van der Waals surface area contributed by atoms with Crippen LogP contribution in [0.5, 0.6) is 0 Å². The van der Waals surface area contributed by atoms with Gasteiger partial charge in [-0.15, -0.1) is 0 Å². The van der Waals surface area contributed by atoms with Gasteiger partial charge in [0.2, 0.25) is 5.91 Å². The Bertz CT molecular complexity index is 623. The molecule has 1 aromatic carbocycles. The number of rotatable bonds is 4. The van der Waals surface area contributed by atoms with Crippen molar-refractivity contribution in [1.29, 1.82) is 5.26 Å². The molecule has 1 amide bonds. The van der Waals surface area contributed by atoms with E-state index < -0.39 is 22.5 Å². The fourth-order valence-electron chi connectivity index (χ4n) is 1.35. The number of nitrogens with zero attached hydrogens (tertiary/aromatic N) is 2. The summed E-state index contributed by atoms with van der Waals surface area (Å²) >= 11 is 3.05. The number of methoxy groups -OCH3 is 1. The van der Waals surface area contributed by atoms with Gasteiger partial charge < -0.3 is 10.1 Å². The molecule has 0 spiro atoms. The standard InChI is InChI=1S/C11H8BrN3O5/c1-20-11(17)6-4-8(14-10(16)2-3-13)7(12)5-9(6)15(18)19/h4-5H,2H2,1H3,(H,14,16). The van der Waals surface area contributed by atoms with Gasteiger partial charge in [0.1, 0.15) is 12.0 Å². The topological polar surface area (TPSA) is 122 Å². The molecule has 1 aromatic rings. The summed E-state index contributed by atoms with van der Waals surface area (Å²) in [6.45, 7) is 0. The molecule has 0 aliphatic carbocycles. The van der Waals surface area contributed by atoms with E-state index >= 15 is 0 Å². The minimum Gasteiger partial charge on any atom is -0.465 e. The Kier molecular flexibility index (Phi) is 5.16. The van der Waals surface area contributed by atoms with Crippen LogP contribution in [0.2, 0.25) is 0 Å². The van der Waals surface area contributed by atoms with Crippen LogP contribution in [0, 0.1) is 21.4 Å². The van der Waals surface area contributed by atoms with Crippen LogP contribution in [0.1, 0.15) is 16.8 Å². The molecule has 0 atom stereocenters. The van der Waals surface area contributed by atoms with Gasteiger partial charge in [-0.25, -0.2) is 4.79 Å². The highest BCUT2D eigenvalue weighted by atomic mass is 79.9. The number of benzene rings is 1. The summed E-state index contributed by atoms with van der Waals surface area (Å²) in [5.41, 5.74) is -0.619. The van der Waals surface area contributed by atoms with Crippen LogP contribution in [0.25, 0.3) is 0 Å². The first-order valence-corrected chi connectivity index (χ1v) is 5.93. The van der Waals surface area contributed by atoms with Crippen molar-refractivity contribution in [3.05, 3.63) is 32.3 Å². The van der Waals surface area contributed by atoms with Crippen molar-refractivity contribution in [2.45, 2.75) is 6.42 Å². The molecular formula is C11H8BrN3O5. The maximum Gasteiger partial charge on any atom is 0.344 e. The predicted octanol–water partition coefficient (Wildman–Crippen LogP) is 2.00. The molecule has 0 saturated carbocycles. The summed E-state index contributed by atoms with van der Waals surface area (Å²) in [6, 6.07) is 3.85. The third kappa shape index (κ3) is 3.52. The number of ether oxygens (including phenoxy) is 1. The molecule has 0 saturated heterocycles. The SMILES string of the molecule is COC(=O)c1cc(NC(=O)CC#N)c(Br)cc1[N+](=O)[O-]. The number of hydrogen-bond acceptors (Lipinski definition) is 6. The number of nitro benzene ring substituents is 1. The van der Waals surface area contributed by atoms with Gasteiger partial charge in [0.15, 0.2) is 0 Å². The predicted molar refractivity (Wildman–Crippen MR) is 71.0 cm³/mol. The Morgan fingerprint density at radius 3 is 2.70 bits per heavy atom. The lowest BCUT2D eigenvalue weighted by atomic mass is 10.1. The number of anilines is 1. The minimum absolute atomic E-state index is 0.135. The molecule has 1 N–H and O–H groups in total. The van der Waals surface area contributed by atoms with Gasteiger partial charge in [-0.1, -0.05) is 0 Å². The van der Waals surface area contributed by atoms with E-state index in [-0.39, 0.29) is 22.1 Å². The lowest BCUT2D eigenvalue weighted by Gasteiger charge is -2.08. The maximum absolute atomic E-state index is 11.5. The van der Waals surface area contributed by atoms with E-state index in [4.69, 9.17) is 5.26 Å². The molecule has 0 radical (unpaired) electrons. The van der Waals surface area contributed by atoms with E-state index in [0.717, 1.165) is 19.2 Å². The largest absolute Gasteiger partial charge is 0.465 e. The fraction of sp³-hybridized carbons (Fsp3) is 0.182. The van der Waals surface area contributed by atoms with Crippen molar-refractivity contribution < 1.29 is 19.2 Å². The lowest BCUT2D eigenvalue weighted by Crippen LogP contribution is -2.13. The van der Waals surface area contributed by atoms with Gasteiger partial charge in [0.25, 0.3) is 5.69 Å². The zero-order chi connectivity index (χ0) is 15.3. The monoisotopic (exact) mass is 341 g/mol. The highest BCUT2D eigenvalue weighted by molar-refractivity contribution is 9.10. The number of carbonyl (C=O) groups excluding carboxylic acids is 2. The fourth-order valence-corrected chi connectivity index (χ4v) is 1.78. The molecule has 104 valence electrons. The first-order chi connectivity index (χ1) is 9.40. The molecule has 0 aliphatic heterocycles. The number of carbonyl (C=O) groups is 2. The number of nitro groups is 1. The molecule has 8 nitrogen and oxygen atoms in total. The third-order valence-electron chi connectivity index (χ3n) is 2.20. The summed E-state index contributed by atoms with van der Waals surface area (Å²) in [6.07, 6.45) is -0.378. The van der Waals surface area contributed by atoms with Crippen molar-refractivity contribution in [3.8, 4) is 6.07 Å². The van der Waals surface area contributed by atoms with E-state index in [1.807, 2.05) is 0 Å². The van der Waals surface area contributed by atoms with Gasteiger partial charge >= 0.3 is 5.97 Å². The molecule has 1 rings (SSSR count). The molecule has 0 aliphatic rings. The number of hydrogen-bond donors (Lipinski definition) is 1. The van der Waals surface area contributed by atoms with Gasteiger partial charge in [-0.2, -0.15) is 5.26 Å². The average Bonchev–Trinajstić information content (AvgIpc) is 2.39. The highest BCUT2D eigenvalue weighted by Gasteiger charge is 2.24. The van der Waals surface area contributed by atoms with Crippen molar-refractivity contribution in [1.82, 2.24) is 0 Å². The summed E-state index contributed by atoms with van der Waals surface area (Å²) in [5, 5.41) is 21.6.